The van der Waals surface area contributed by atoms with Gasteiger partial charge in [-0.15, -0.1) is 11.6 Å². The summed E-state index contributed by atoms with van der Waals surface area (Å²) in [6.07, 6.45) is 4.84. The number of hydrogen-bond donors (Lipinski definition) is 0. The molecule has 3 heteroatoms. The van der Waals surface area contributed by atoms with Crippen molar-refractivity contribution in [2.75, 3.05) is 19.0 Å². The van der Waals surface area contributed by atoms with Crippen molar-refractivity contribution in [3.8, 4) is 0 Å². The zero-order chi connectivity index (χ0) is 10.2. The van der Waals surface area contributed by atoms with Gasteiger partial charge in [-0.3, -0.25) is 9.88 Å². The summed E-state index contributed by atoms with van der Waals surface area (Å²) in [5.74, 6) is 0.699. The van der Waals surface area contributed by atoms with Crippen molar-refractivity contribution < 1.29 is 0 Å². The molecule has 0 aliphatic carbocycles. The van der Waals surface area contributed by atoms with Crippen molar-refractivity contribution in [3.63, 3.8) is 0 Å². The molecular formula is C11H17ClN2. The largest absolute Gasteiger partial charge is 0.298 e. The van der Waals surface area contributed by atoms with Crippen LogP contribution in [0, 0.1) is 0 Å². The Balaban J connectivity index is 2.46. The van der Waals surface area contributed by atoms with Gasteiger partial charge in [0.1, 0.15) is 0 Å². The quantitative estimate of drug-likeness (QED) is 0.674. The van der Waals surface area contributed by atoms with Crippen LogP contribution in [0.3, 0.4) is 0 Å². The van der Waals surface area contributed by atoms with Crippen LogP contribution in [0.15, 0.2) is 24.5 Å². The summed E-state index contributed by atoms with van der Waals surface area (Å²) in [7, 11) is 0. The van der Waals surface area contributed by atoms with Gasteiger partial charge in [0.25, 0.3) is 0 Å². The van der Waals surface area contributed by atoms with Crippen LogP contribution < -0.4 is 0 Å². The van der Waals surface area contributed by atoms with Crippen molar-refractivity contribution in [1.29, 1.82) is 0 Å². The van der Waals surface area contributed by atoms with E-state index >= 15 is 0 Å². The monoisotopic (exact) mass is 212 g/mol. The zero-order valence-corrected chi connectivity index (χ0v) is 9.37. The molecule has 0 spiro atoms. The van der Waals surface area contributed by atoms with E-state index < -0.39 is 0 Å². The third kappa shape index (κ3) is 4.07. The number of aromatic nitrogens is 1. The van der Waals surface area contributed by atoms with Gasteiger partial charge in [0, 0.05) is 31.4 Å². The van der Waals surface area contributed by atoms with E-state index in [1.165, 1.54) is 12.0 Å². The Morgan fingerprint density at radius 2 is 2.00 bits per heavy atom. The fourth-order valence-electron chi connectivity index (χ4n) is 1.45. The molecule has 0 aliphatic rings. The third-order valence-corrected chi connectivity index (χ3v) is 2.27. The topological polar surface area (TPSA) is 16.1 Å². The number of hydrogen-bond acceptors (Lipinski definition) is 2. The normalized spacial score (nSPS) is 10.8. The first kappa shape index (κ1) is 11.5. The molecule has 1 rings (SSSR count). The average molecular weight is 213 g/mol. The van der Waals surface area contributed by atoms with E-state index in [4.69, 9.17) is 11.6 Å². The Bertz CT molecular complexity index is 232. The lowest BCUT2D eigenvalue weighted by atomic mass is 10.2. The van der Waals surface area contributed by atoms with Crippen LogP contribution in [0.25, 0.3) is 0 Å². The van der Waals surface area contributed by atoms with Gasteiger partial charge >= 0.3 is 0 Å². The molecule has 0 bridgehead atoms. The van der Waals surface area contributed by atoms with Crippen molar-refractivity contribution in [3.05, 3.63) is 30.1 Å². The molecule has 0 saturated carbocycles. The highest BCUT2D eigenvalue weighted by Crippen LogP contribution is 2.03. The number of pyridine rings is 1. The summed E-state index contributed by atoms with van der Waals surface area (Å²) >= 11 is 5.74. The van der Waals surface area contributed by atoms with Crippen LogP contribution in [-0.4, -0.2) is 28.9 Å². The number of alkyl halides is 1. The second-order valence-electron chi connectivity index (χ2n) is 3.32. The molecular weight excluding hydrogens is 196 g/mol. The van der Waals surface area contributed by atoms with Crippen LogP contribution >= 0.6 is 11.6 Å². The van der Waals surface area contributed by atoms with Gasteiger partial charge in [-0.2, -0.15) is 0 Å². The van der Waals surface area contributed by atoms with Crippen LogP contribution in [0.4, 0.5) is 0 Å². The SMILES string of the molecule is CCCN(CCCl)Cc1ccncc1. The van der Waals surface area contributed by atoms with Crippen LogP contribution in [-0.2, 0) is 6.54 Å². The molecule has 0 atom stereocenters. The molecule has 0 N–H and O–H groups in total. The molecule has 1 aromatic heterocycles. The smallest absolute Gasteiger partial charge is 0.0351 e. The van der Waals surface area contributed by atoms with Crippen LogP contribution in [0.2, 0.25) is 0 Å². The van der Waals surface area contributed by atoms with Gasteiger partial charge in [0.2, 0.25) is 0 Å². The predicted molar refractivity (Wildman–Crippen MR) is 60.5 cm³/mol. The Morgan fingerprint density at radius 1 is 1.29 bits per heavy atom. The predicted octanol–water partition coefficient (Wildman–Crippen LogP) is 2.53. The van der Waals surface area contributed by atoms with Gasteiger partial charge in [-0.05, 0) is 30.7 Å². The van der Waals surface area contributed by atoms with Crippen molar-refractivity contribution in [2.45, 2.75) is 19.9 Å². The second-order valence-corrected chi connectivity index (χ2v) is 3.70. The fourth-order valence-corrected chi connectivity index (χ4v) is 1.69. The molecule has 2 nitrogen and oxygen atoms in total. The molecule has 1 aromatic rings. The second kappa shape index (κ2) is 6.80. The summed E-state index contributed by atoms with van der Waals surface area (Å²) in [6.45, 7) is 5.23. The summed E-state index contributed by atoms with van der Waals surface area (Å²) in [5, 5.41) is 0. The molecule has 0 fully saturated rings. The van der Waals surface area contributed by atoms with E-state index in [1.54, 1.807) is 0 Å². The van der Waals surface area contributed by atoms with Crippen molar-refractivity contribution in [1.82, 2.24) is 9.88 Å². The first-order chi connectivity index (χ1) is 6.86. The molecule has 0 radical (unpaired) electrons. The summed E-state index contributed by atoms with van der Waals surface area (Å²) in [4.78, 5) is 6.36. The van der Waals surface area contributed by atoms with Crippen LogP contribution in [0.1, 0.15) is 18.9 Å². The molecule has 0 aliphatic heterocycles. The van der Waals surface area contributed by atoms with Crippen molar-refractivity contribution >= 4 is 11.6 Å². The lowest BCUT2D eigenvalue weighted by molar-refractivity contribution is 0.282. The molecule has 0 unspecified atom stereocenters. The maximum Gasteiger partial charge on any atom is 0.0351 e. The Morgan fingerprint density at radius 3 is 2.57 bits per heavy atom. The summed E-state index contributed by atoms with van der Waals surface area (Å²) < 4.78 is 0. The van der Waals surface area contributed by atoms with E-state index in [1.807, 2.05) is 12.4 Å². The highest BCUT2D eigenvalue weighted by Gasteiger charge is 2.03. The van der Waals surface area contributed by atoms with Gasteiger partial charge < -0.3 is 0 Å². The first-order valence-electron chi connectivity index (χ1n) is 5.04. The molecule has 0 amide bonds. The third-order valence-electron chi connectivity index (χ3n) is 2.10. The van der Waals surface area contributed by atoms with E-state index in [0.717, 1.165) is 19.6 Å². The van der Waals surface area contributed by atoms with Crippen LogP contribution in [0.5, 0.6) is 0 Å². The Labute approximate surface area is 90.9 Å². The zero-order valence-electron chi connectivity index (χ0n) is 8.62. The number of halogens is 1. The summed E-state index contributed by atoms with van der Waals surface area (Å²) in [5.41, 5.74) is 1.30. The molecule has 1 heterocycles. The van der Waals surface area contributed by atoms with E-state index in [2.05, 4.69) is 28.9 Å². The van der Waals surface area contributed by atoms with E-state index in [0.29, 0.717) is 5.88 Å². The maximum atomic E-state index is 5.74. The minimum Gasteiger partial charge on any atom is -0.298 e. The standard InChI is InChI=1S/C11H17ClN2/c1-2-8-14(9-5-12)10-11-3-6-13-7-4-11/h3-4,6-7H,2,5,8-10H2,1H3. The molecule has 0 aromatic carbocycles. The number of rotatable bonds is 6. The van der Waals surface area contributed by atoms with E-state index in [-0.39, 0.29) is 0 Å². The molecule has 14 heavy (non-hydrogen) atoms. The lowest BCUT2D eigenvalue weighted by Crippen LogP contribution is -2.26. The van der Waals surface area contributed by atoms with E-state index in [9.17, 15) is 0 Å². The minimum atomic E-state index is 0.699. The van der Waals surface area contributed by atoms with Gasteiger partial charge in [-0.1, -0.05) is 6.92 Å². The lowest BCUT2D eigenvalue weighted by Gasteiger charge is -2.20. The van der Waals surface area contributed by atoms with Crippen molar-refractivity contribution in [2.24, 2.45) is 0 Å². The first-order valence-corrected chi connectivity index (χ1v) is 5.57. The van der Waals surface area contributed by atoms with Gasteiger partial charge in [0.05, 0.1) is 0 Å². The highest BCUT2D eigenvalue weighted by molar-refractivity contribution is 6.18. The summed E-state index contributed by atoms with van der Waals surface area (Å²) in [6, 6.07) is 4.10. The highest BCUT2D eigenvalue weighted by atomic mass is 35.5. The average Bonchev–Trinajstić information content (AvgIpc) is 2.20. The fraction of sp³-hybridized carbons (Fsp3) is 0.545. The number of nitrogens with zero attached hydrogens (tertiary/aromatic N) is 2. The maximum absolute atomic E-state index is 5.74. The molecule has 0 saturated heterocycles. The molecule has 78 valence electrons. The minimum absolute atomic E-state index is 0.699. The Kier molecular flexibility index (Phi) is 5.57. The Hall–Kier alpha value is -0.600. The van der Waals surface area contributed by atoms with Gasteiger partial charge in [-0.25, -0.2) is 0 Å². The van der Waals surface area contributed by atoms with Gasteiger partial charge in [0.15, 0.2) is 0 Å².